The van der Waals surface area contributed by atoms with Gasteiger partial charge in [0.15, 0.2) is 0 Å². The van der Waals surface area contributed by atoms with Gasteiger partial charge in [0.05, 0.1) is 5.92 Å². The van der Waals surface area contributed by atoms with Crippen molar-refractivity contribution in [1.82, 2.24) is 0 Å². The highest BCUT2D eigenvalue weighted by Gasteiger charge is 2.20. The zero-order valence-corrected chi connectivity index (χ0v) is 15.8. The third-order valence-electron chi connectivity index (χ3n) is 4.78. The molecule has 0 bridgehead atoms. The van der Waals surface area contributed by atoms with Gasteiger partial charge in [-0.3, -0.25) is 9.59 Å². The summed E-state index contributed by atoms with van der Waals surface area (Å²) in [5, 5.41) is 17.7. The summed E-state index contributed by atoms with van der Waals surface area (Å²) < 4.78 is 0. The molecule has 2 N–H and O–H groups in total. The van der Waals surface area contributed by atoms with Crippen molar-refractivity contribution in [2.45, 2.75) is 104 Å². The fourth-order valence-corrected chi connectivity index (χ4v) is 3.15. The Morgan fingerprint density at radius 2 is 1.04 bits per heavy atom. The van der Waals surface area contributed by atoms with Crippen molar-refractivity contribution >= 4 is 11.9 Å². The van der Waals surface area contributed by atoms with Crippen LogP contribution in [0.5, 0.6) is 0 Å². The minimum Gasteiger partial charge on any atom is -0.481 e. The van der Waals surface area contributed by atoms with Crippen molar-refractivity contribution in [1.29, 1.82) is 0 Å². The van der Waals surface area contributed by atoms with Crippen LogP contribution in [0.3, 0.4) is 0 Å². The van der Waals surface area contributed by atoms with E-state index in [2.05, 4.69) is 0 Å². The molecule has 24 heavy (non-hydrogen) atoms. The van der Waals surface area contributed by atoms with E-state index in [0.29, 0.717) is 6.42 Å². The molecular weight excluding hydrogens is 304 g/mol. The van der Waals surface area contributed by atoms with E-state index in [-0.39, 0.29) is 11.8 Å². The Kier molecular flexibility index (Phi) is 14.8. The van der Waals surface area contributed by atoms with E-state index in [9.17, 15) is 9.59 Å². The molecule has 0 amide bonds. The molecule has 1 atom stereocenters. The van der Waals surface area contributed by atoms with Gasteiger partial charge >= 0.3 is 11.9 Å². The number of carboxylic acids is 2. The first-order valence-electron chi connectivity index (χ1n) is 9.89. The summed E-state index contributed by atoms with van der Waals surface area (Å²) in [7, 11) is 0. The van der Waals surface area contributed by atoms with Gasteiger partial charge in [0, 0.05) is 6.42 Å². The molecule has 0 aromatic rings. The van der Waals surface area contributed by atoms with Gasteiger partial charge in [-0.2, -0.15) is 0 Å². The van der Waals surface area contributed by atoms with Gasteiger partial charge in [-0.1, -0.05) is 84.5 Å². The van der Waals surface area contributed by atoms with Gasteiger partial charge in [-0.15, -0.1) is 0 Å². The molecule has 0 saturated carbocycles. The van der Waals surface area contributed by atoms with Crippen molar-refractivity contribution in [2.75, 3.05) is 0 Å². The van der Waals surface area contributed by atoms with Gasteiger partial charge in [0.25, 0.3) is 0 Å². The van der Waals surface area contributed by atoms with Crippen LogP contribution in [0.1, 0.15) is 104 Å². The lowest BCUT2D eigenvalue weighted by molar-refractivity contribution is -0.143. The predicted molar refractivity (Wildman–Crippen MR) is 98.2 cm³/mol. The molecule has 0 heterocycles. The molecule has 0 rings (SSSR count). The molecule has 0 aliphatic carbocycles. The van der Waals surface area contributed by atoms with Crippen LogP contribution in [0.4, 0.5) is 0 Å². The number of hydrogen-bond donors (Lipinski definition) is 2. The molecule has 1 unspecified atom stereocenters. The molecule has 4 heteroatoms. The summed E-state index contributed by atoms with van der Waals surface area (Å²) in [4.78, 5) is 21.5. The third-order valence-corrected chi connectivity index (χ3v) is 4.78. The van der Waals surface area contributed by atoms with E-state index >= 15 is 0 Å². The fraction of sp³-hybridized carbons (Fsp3) is 0.900. The summed E-state index contributed by atoms with van der Waals surface area (Å²) in [6.07, 6.45) is 15.2. The SMILES string of the molecule is CC(C)C(CCCCCCCCCCCCCCC(=O)O)C(=O)O. The maximum Gasteiger partial charge on any atom is 0.306 e. The van der Waals surface area contributed by atoms with Crippen LogP contribution in [0.2, 0.25) is 0 Å². The Morgan fingerprint density at radius 1 is 0.667 bits per heavy atom. The van der Waals surface area contributed by atoms with Crippen molar-refractivity contribution in [3.63, 3.8) is 0 Å². The molecule has 0 fully saturated rings. The summed E-state index contributed by atoms with van der Waals surface area (Å²) in [6, 6.07) is 0. The van der Waals surface area contributed by atoms with Crippen molar-refractivity contribution in [3.8, 4) is 0 Å². The average molecular weight is 343 g/mol. The van der Waals surface area contributed by atoms with E-state index < -0.39 is 11.9 Å². The fourth-order valence-electron chi connectivity index (χ4n) is 3.15. The molecule has 0 aromatic carbocycles. The van der Waals surface area contributed by atoms with E-state index in [0.717, 1.165) is 38.5 Å². The number of unbranched alkanes of at least 4 members (excludes halogenated alkanes) is 11. The Morgan fingerprint density at radius 3 is 1.38 bits per heavy atom. The predicted octanol–water partition coefficient (Wildman–Crippen LogP) is 5.89. The van der Waals surface area contributed by atoms with Gasteiger partial charge in [-0.05, 0) is 18.8 Å². The van der Waals surface area contributed by atoms with Crippen LogP contribution in [0.15, 0.2) is 0 Å². The molecular formula is C20H38O4. The minimum absolute atomic E-state index is 0.180. The lowest BCUT2D eigenvalue weighted by Gasteiger charge is -2.15. The molecule has 0 spiro atoms. The van der Waals surface area contributed by atoms with Gasteiger partial charge in [0.1, 0.15) is 0 Å². The van der Waals surface area contributed by atoms with Gasteiger partial charge < -0.3 is 10.2 Å². The van der Waals surface area contributed by atoms with Crippen LogP contribution < -0.4 is 0 Å². The highest BCUT2D eigenvalue weighted by atomic mass is 16.4. The summed E-state index contributed by atoms with van der Waals surface area (Å²) >= 11 is 0. The summed E-state index contributed by atoms with van der Waals surface area (Å²) in [5.41, 5.74) is 0. The molecule has 4 nitrogen and oxygen atoms in total. The lowest BCUT2D eigenvalue weighted by Crippen LogP contribution is -2.19. The molecule has 0 aromatic heterocycles. The zero-order valence-electron chi connectivity index (χ0n) is 15.8. The molecule has 0 aliphatic heterocycles. The maximum absolute atomic E-state index is 11.1. The summed E-state index contributed by atoms with van der Waals surface area (Å²) in [5.74, 6) is -1.28. The minimum atomic E-state index is -0.683. The average Bonchev–Trinajstić information content (AvgIpc) is 2.50. The van der Waals surface area contributed by atoms with Crippen LogP contribution in [-0.2, 0) is 9.59 Å². The second kappa shape index (κ2) is 15.5. The highest BCUT2D eigenvalue weighted by Crippen LogP contribution is 2.20. The number of rotatable bonds is 17. The van der Waals surface area contributed by atoms with Crippen LogP contribution >= 0.6 is 0 Å². The van der Waals surface area contributed by atoms with Crippen molar-refractivity contribution < 1.29 is 19.8 Å². The molecule has 0 radical (unpaired) electrons. The van der Waals surface area contributed by atoms with E-state index in [1.54, 1.807) is 0 Å². The molecule has 142 valence electrons. The summed E-state index contributed by atoms with van der Waals surface area (Å²) in [6.45, 7) is 3.98. The van der Waals surface area contributed by atoms with Crippen molar-refractivity contribution in [2.24, 2.45) is 11.8 Å². The van der Waals surface area contributed by atoms with Crippen molar-refractivity contribution in [3.05, 3.63) is 0 Å². The highest BCUT2D eigenvalue weighted by molar-refractivity contribution is 5.70. The van der Waals surface area contributed by atoms with Gasteiger partial charge in [0.2, 0.25) is 0 Å². The Balaban J connectivity index is 3.25. The molecule has 0 aliphatic rings. The first-order chi connectivity index (χ1) is 11.4. The smallest absolute Gasteiger partial charge is 0.306 e. The largest absolute Gasteiger partial charge is 0.481 e. The van der Waals surface area contributed by atoms with Gasteiger partial charge in [-0.25, -0.2) is 0 Å². The number of aliphatic carboxylic acids is 2. The van der Waals surface area contributed by atoms with Crippen LogP contribution in [0.25, 0.3) is 0 Å². The normalized spacial score (nSPS) is 12.5. The third kappa shape index (κ3) is 14.5. The maximum atomic E-state index is 11.1. The second-order valence-corrected chi connectivity index (χ2v) is 7.36. The second-order valence-electron chi connectivity index (χ2n) is 7.36. The van der Waals surface area contributed by atoms with E-state index in [1.807, 2.05) is 13.8 Å². The Hall–Kier alpha value is -1.06. The standard InChI is InChI=1S/C20H38O4/c1-17(2)18(20(23)24)15-13-11-9-7-5-3-4-6-8-10-12-14-16-19(21)22/h17-18H,3-16H2,1-2H3,(H,21,22)(H,23,24). The first kappa shape index (κ1) is 22.9. The monoisotopic (exact) mass is 342 g/mol. The van der Waals surface area contributed by atoms with Crippen LogP contribution in [0, 0.1) is 11.8 Å². The topological polar surface area (TPSA) is 74.6 Å². The number of hydrogen-bond acceptors (Lipinski definition) is 2. The zero-order chi connectivity index (χ0) is 18.2. The number of carboxylic acid groups (broad SMARTS) is 2. The Labute approximate surface area is 148 Å². The van der Waals surface area contributed by atoms with E-state index in [1.165, 1.54) is 44.9 Å². The quantitative estimate of drug-likeness (QED) is 0.323. The van der Waals surface area contributed by atoms with E-state index in [4.69, 9.17) is 10.2 Å². The number of carbonyl (C=O) groups is 2. The molecule has 0 saturated heterocycles. The first-order valence-corrected chi connectivity index (χ1v) is 9.89. The Bertz CT molecular complexity index is 326. The van der Waals surface area contributed by atoms with Crippen LogP contribution in [-0.4, -0.2) is 22.2 Å². The lowest BCUT2D eigenvalue weighted by atomic mass is 9.90.